The van der Waals surface area contributed by atoms with Crippen molar-refractivity contribution in [3.63, 3.8) is 0 Å². The zero-order valence-electron chi connectivity index (χ0n) is 14.9. The van der Waals surface area contributed by atoms with Gasteiger partial charge in [0.15, 0.2) is 0 Å². The van der Waals surface area contributed by atoms with Gasteiger partial charge in [-0.25, -0.2) is 9.78 Å². The van der Waals surface area contributed by atoms with E-state index in [-0.39, 0.29) is 12.5 Å². The number of ether oxygens (including phenoxy) is 1. The van der Waals surface area contributed by atoms with Crippen LogP contribution >= 0.6 is 0 Å². The Labute approximate surface area is 149 Å². The fourth-order valence-corrected chi connectivity index (χ4v) is 2.20. The molecule has 0 bridgehead atoms. The second-order valence-electron chi connectivity index (χ2n) is 5.83. The third kappa shape index (κ3) is 7.00. The number of hydrogen-bond donors (Lipinski definition) is 1. The average Bonchev–Trinajstić information content (AvgIpc) is 2.92. The molecule has 0 atom stereocenters. The third-order valence-corrected chi connectivity index (χ3v) is 3.36. The number of imidazole rings is 1. The summed E-state index contributed by atoms with van der Waals surface area (Å²) in [4.78, 5) is 29.3. The highest BCUT2D eigenvalue weighted by atomic mass is 19.4. The standard InChI is InChI=1S/C13H22N4O2.C2HF3O2/c1-4-19-10-13(18)17-6-5-16-8-11(7-15(2)3)14-12(16)9-17;3-2(4,5)1(6)7/h8H,4-7,9-10H2,1-3H3;(H,6,7). The number of carboxylic acids is 1. The smallest absolute Gasteiger partial charge is 0.475 e. The van der Waals surface area contributed by atoms with Crippen molar-refractivity contribution in [3.8, 4) is 0 Å². The first kappa shape index (κ1) is 21.9. The number of halogens is 3. The molecule has 0 radical (unpaired) electrons. The monoisotopic (exact) mass is 380 g/mol. The van der Waals surface area contributed by atoms with E-state index in [0.717, 1.165) is 31.2 Å². The molecule has 1 aromatic rings. The van der Waals surface area contributed by atoms with Crippen LogP contribution in [0, 0.1) is 0 Å². The second kappa shape index (κ2) is 9.53. The van der Waals surface area contributed by atoms with Gasteiger partial charge in [-0.05, 0) is 21.0 Å². The Hall–Kier alpha value is -2.14. The Morgan fingerprint density at radius 2 is 1.96 bits per heavy atom. The van der Waals surface area contributed by atoms with E-state index in [2.05, 4.69) is 20.6 Å². The summed E-state index contributed by atoms with van der Waals surface area (Å²) in [6, 6.07) is 0. The number of aromatic nitrogens is 2. The minimum Gasteiger partial charge on any atom is -0.475 e. The van der Waals surface area contributed by atoms with E-state index >= 15 is 0 Å². The zero-order valence-corrected chi connectivity index (χ0v) is 14.9. The summed E-state index contributed by atoms with van der Waals surface area (Å²) in [5.41, 5.74) is 1.05. The highest BCUT2D eigenvalue weighted by Crippen LogP contribution is 2.14. The van der Waals surface area contributed by atoms with Crippen LogP contribution in [0.1, 0.15) is 18.4 Å². The summed E-state index contributed by atoms with van der Waals surface area (Å²) in [6.45, 7) is 5.59. The van der Waals surface area contributed by atoms with Crippen LogP contribution in [0.5, 0.6) is 0 Å². The molecule has 8 nitrogen and oxygen atoms in total. The van der Waals surface area contributed by atoms with Crippen LogP contribution in [0.15, 0.2) is 6.20 Å². The zero-order chi connectivity index (χ0) is 19.9. The van der Waals surface area contributed by atoms with Gasteiger partial charge in [-0.3, -0.25) is 4.79 Å². The number of fused-ring (bicyclic) bond motifs is 1. The topological polar surface area (TPSA) is 87.9 Å². The molecule has 1 aliphatic rings. The van der Waals surface area contributed by atoms with Crippen molar-refractivity contribution >= 4 is 11.9 Å². The van der Waals surface area contributed by atoms with Gasteiger partial charge in [0.1, 0.15) is 12.4 Å². The number of rotatable bonds is 5. The molecule has 2 heterocycles. The number of carboxylic acid groups (broad SMARTS) is 1. The van der Waals surface area contributed by atoms with Crippen LogP contribution in [0.3, 0.4) is 0 Å². The van der Waals surface area contributed by atoms with E-state index in [1.165, 1.54) is 0 Å². The van der Waals surface area contributed by atoms with Crippen LogP contribution in [-0.2, 0) is 34.0 Å². The van der Waals surface area contributed by atoms with Crippen molar-refractivity contribution in [2.24, 2.45) is 0 Å². The fraction of sp³-hybridized carbons (Fsp3) is 0.667. The number of hydrogen-bond acceptors (Lipinski definition) is 5. The lowest BCUT2D eigenvalue weighted by Gasteiger charge is -2.27. The van der Waals surface area contributed by atoms with Crippen LogP contribution in [0.25, 0.3) is 0 Å². The maximum absolute atomic E-state index is 11.9. The minimum absolute atomic E-state index is 0.0465. The maximum atomic E-state index is 11.9. The lowest BCUT2D eigenvalue weighted by atomic mass is 10.3. The molecule has 1 N–H and O–H groups in total. The van der Waals surface area contributed by atoms with Crippen LogP contribution in [-0.4, -0.2) is 76.4 Å². The molecular formula is C15H23F3N4O4. The van der Waals surface area contributed by atoms with E-state index in [1.54, 1.807) is 0 Å². The van der Waals surface area contributed by atoms with Crippen molar-refractivity contribution in [3.05, 3.63) is 17.7 Å². The lowest BCUT2D eigenvalue weighted by molar-refractivity contribution is -0.192. The first-order valence-electron chi connectivity index (χ1n) is 7.89. The molecule has 148 valence electrons. The first-order chi connectivity index (χ1) is 12.0. The lowest BCUT2D eigenvalue weighted by Crippen LogP contribution is -2.40. The van der Waals surface area contributed by atoms with E-state index in [4.69, 9.17) is 14.6 Å². The third-order valence-electron chi connectivity index (χ3n) is 3.36. The Bertz CT molecular complexity index is 617. The van der Waals surface area contributed by atoms with Crippen LogP contribution < -0.4 is 0 Å². The summed E-state index contributed by atoms with van der Waals surface area (Å²) < 4.78 is 39.0. The molecule has 0 saturated heterocycles. The largest absolute Gasteiger partial charge is 0.490 e. The molecule has 1 amide bonds. The van der Waals surface area contributed by atoms with Gasteiger partial charge in [0.25, 0.3) is 0 Å². The van der Waals surface area contributed by atoms with E-state index in [0.29, 0.717) is 13.2 Å². The summed E-state index contributed by atoms with van der Waals surface area (Å²) in [5, 5.41) is 7.12. The summed E-state index contributed by atoms with van der Waals surface area (Å²) >= 11 is 0. The summed E-state index contributed by atoms with van der Waals surface area (Å²) in [5.74, 6) is -1.74. The van der Waals surface area contributed by atoms with Gasteiger partial charge in [0.2, 0.25) is 5.91 Å². The highest BCUT2D eigenvalue weighted by molar-refractivity contribution is 5.77. The quantitative estimate of drug-likeness (QED) is 0.819. The number of nitrogens with zero attached hydrogens (tertiary/aromatic N) is 4. The molecule has 0 unspecified atom stereocenters. The van der Waals surface area contributed by atoms with E-state index in [1.807, 2.05) is 25.9 Å². The number of amides is 1. The number of aliphatic carboxylic acids is 1. The SMILES string of the molecule is CCOCC(=O)N1CCn2cc(CN(C)C)nc2C1.O=C(O)C(F)(F)F. The van der Waals surface area contributed by atoms with Crippen molar-refractivity contribution in [2.75, 3.05) is 33.9 Å². The summed E-state index contributed by atoms with van der Waals surface area (Å²) in [6.07, 6.45) is -3.00. The van der Waals surface area contributed by atoms with Gasteiger partial charge in [0.05, 0.1) is 12.2 Å². The van der Waals surface area contributed by atoms with Crippen molar-refractivity contribution in [1.82, 2.24) is 19.4 Å². The molecule has 0 aromatic carbocycles. The average molecular weight is 380 g/mol. The van der Waals surface area contributed by atoms with Gasteiger partial charge in [-0.15, -0.1) is 0 Å². The molecule has 2 rings (SSSR count). The Kier molecular flexibility index (Phi) is 8.03. The minimum atomic E-state index is -5.08. The second-order valence-corrected chi connectivity index (χ2v) is 5.83. The van der Waals surface area contributed by atoms with Crippen LogP contribution in [0.4, 0.5) is 13.2 Å². The predicted molar refractivity (Wildman–Crippen MR) is 85.2 cm³/mol. The molecule has 0 spiro atoms. The molecule has 0 fully saturated rings. The molecule has 1 aliphatic heterocycles. The van der Waals surface area contributed by atoms with Crippen molar-refractivity contribution in [1.29, 1.82) is 0 Å². The number of carbonyl (C=O) groups is 2. The Morgan fingerprint density at radius 3 is 2.46 bits per heavy atom. The normalized spacial score (nSPS) is 13.9. The number of alkyl halides is 3. The number of carbonyl (C=O) groups excluding carboxylic acids is 1. The van der Waals surface area contributed by atoms with Gasteiger partial charge in [-0.2, -0.15) is 13.2 Å². The van der Waals surface area contributed by atoms with E-state index < -0.39 is 12.1 Å². The molecule has 11 heteroatoms. The molecule has 26 heavy (non-hydrogen) atoms. The molecule has 0 aliphatic carbocycles. The predicted octanol–water partition coefficient (Wildman–Crippen LogP) is 0.957. The van der Waals surface area contributed by atoms with Crippen molar-refractivity contribution in [2.45, 2.75) is 32.7 Å². The molecule has 0 saturated carbocycles. The van der Waals surface area contributed by atoms with E-state index in [9.17, 15) is 18.0 Å². The Morgan fingerprint density at radius 1 is 1.35 bits per heavy atom. The van der Waals surface area contributed by atoms with Gasteiger partial charge >= 0.3 is 12.1 Å². The van der Waals surface area contributed by atoms with Gasteiger partial charge < -0.3 is 24.2 Å². The van der Waals surface area contributed by atoms with Crippen molar-refractivity contribution < 1.29 is 32.6 Å². The van der Waals surface area contributed by atoms with Gasteiger partial charge in [0, 0.05) is 32.4 Å². The fourth-order valence-electron chi connectivity index (χ4n) is 2.20. The summed E-state index contributed by atoms with van der Waals surface area (Å²) in [7, 11) is 4.05. The molecule has 1 aromatic heterocycles. The van der Waals surface area contributed by atoms with Crippen LogP contribution in [0.2, 0.25) is 0 Å². The molecular weight excluding hydrogens is 357 g/mol. The first-order valence-corrected chi connectivity index (χ1v) is 7.89. The van der Waals surface area contributed by atoms with Gasteiger partial charge in [-0.1, -0.05) is 0 Å². The Balaban J connectivity index is 0.000000412. The maximum Gasteiger partial charge on any atom is 0.490 e. The highest BCUT2D eigenvalue weighted by Gasteiger charge is 2.38.